The minimum absolute atomic E-state index is 0.268. The number of phenolic OH excluding ortho intramolecular Hbond substituents is 1. The zero-order chi connectivity index (χ0) is 24.5. The van der Waals surface area contributed by atoms with Crippen LogP contribution in [-0.4, -0.2) is 66.8 Å². The first kappa shape index (κ1) is 22.6. The number of nitrogens with zero attached hydrogens (tertiary/aromatic N) is 2. The average Bonchev–Trinajstić information content (AvgIpc) is 3.48. The number of aromatic amines is 1. The fraction of sp³-hybridized carbons (Fsp3) is 0.276. The molecule has 4 aromatic rings. The van der Waals surface area contributed by atoms with E-state index in [0.29, 0.717) is 6.61 Å². The van der Waals surface area contributed by atoms with Gasteiger partial charge in [-0.25, -0.2) is 0 Å². The molecule has 0 unspecified atom stereocenters. The Morgan fingerprint density at radius 2 is 1.64 bits per heavy atom. The lowest BCUT2D eigenvalue weighted by Gasteiger charge is -2.26. The van der Waals surface area contributed by atoms with Gasteiger partial charge in [0.05, 0.1) is 31.7 Å². The molecule has 1 aliphatic carbocycles. The first-order valence-electron chi connectivity index (χ1n) is 12.3. The summed E-state index contributed by atoms with van der Waals surface area (Å²) in [4.78, 5) is 2.36. The van der Waals surface area contributed by atoms with Crippen molar-refractivity contribution in [3.05, 3.63) is 71.8 Å². The van der Waals surface area contributed by atoms with E-state index in [9.17, 15) is 5.11 Å². The van der Waals surface area contributed by atoms with Crippen molar-refractivity contribution in [2.75, 3.05) is 46.6 Å². The van der Waals surface area contributed by atoms with Crippen LogP contribution in [0.2, 0.25) is 0 Å². The van der Waals surface area contributed by atoms with Crippen LogP contribution in [0.1, 0.15) is 11.1 Å². The maximum Gasteiger partial charge on any atom is 0.161 e. The molecule has 0 saturated carbocycles. The number of rotatable bonds is 7. The molecule has 1 fully saturated rings. The van der Waals surface area contributed by atoms with Gasteiger partial charge < -0.3 is 19.3 Å². The van der Waals surface area contributed by atoms with E-state index in [1.54, 1.807) is 19.2 Å². The van der Waals surface area contributed by atoms with Gasteiger partial charge in [0, 0.05) is 42.7 Å². The molecular weight excluding hydrogens is 454 g/mol. The van der Waals surface area contributed by atoms with Crippen LogP contribution in [-0.2, 0) is 11.2 Å². The molecule has 3 aromatic carbocycles. The predicted molar refractivity (Wildman–Crippen MR) is 139 cm³/mol. The van der Waals surface area contributed by atoms with Crippen molar-refractivity contribution in [2.45, 2.75) is 6.42 Å². The topological polar surface area (TPSA) is 79.8 Å². The molecule has 1 aromatic heterocycles. The monoisotopic (exact) mass is 483 g/mol. The molecule has 6 rings (SSSR count). The summed E-state index contributed by atoms with van der Waals surface area (Å²) in [5.74, 6) is 1.78. The quantitative estimate of drug-likeness (QED) is 0.348. The van der Waals surface area contributed by atoms with E-state index in [1.807, 2.05) is 12.1 Å². The Balaban J connectivity index is 1.21. The largest absolute Gasteiger partial charge is 0.508 e. The predicted octanol–water partition coefficient (Wildman–Crippen LogP) is 4.74. The SMILES string of the molecule is COc1cc2c(cc1OCCN1CCOCC1)Cc1c(-c3ccc(-c4ccc(O)cc4)cc3)n[nH]c1-2. The van der Waals surface area contributed by atoms with E-state index in [-0.39, 0.29) is 5.75 Å². The average molecular weight is 484 g/mol. The highest BCUT2D eigenvalue weighted by molar-refractivity contribution is 5.83. The normalized spacial score (nSPS) is 14.9. The van der Waals surface area contributed by atoms with Crippen LogP contribution in [0.5, 0.6) is 17.2 Å². The maximum atomic E-state index is 9.55. The highest BCUT2D eigenvalue weighted by Crippen LogP contribution is 2.44. The first-order valence-corrected chi connectivity index (χ1v) is 12.3. The van der Waals surface area contributed by atoms with Crippen LogP contribution < -0.4 is 9.47 Å². The lowest BCUT2D eigenvalue weighted by molar-refractivity contribution is 0.0321. The van der Waals surface area contributed by atoms with Crippen molar-refractivity contribution in [2.24, 2.45) is 0 Å². The Kier molecular flexibility index (Phi) is 6.09. The van der Waals surface area contributed by atoms with Gasteiger partial charge in [0.15, 0.2) is 11.5 Å². The third kappa shape index (κ3) is 4.32. The number of nitrogens with one attached hydrogen (secondary N) is 1. The molecule has 2 heterocycles. The van der Waals surface area contributed by atoms with Crippen LogP contribution in [0.25, 0.3) is 33.6 Å². The van der Waals surface area contributed by atoms with Gasteiger partial charge >= 0.3 is 0 Å². The van der Waals surface area contributed by atoms with E-state index in [0.717, 1.165) is 84.4 Å². The highest BCUT2D eigenvalue weighted by atomic mass is 16.5. The van der Waals surface area contributed by atoms with Crippen LogP contribution in [0, 0.1) is 0 Å². The number of phenols is 1. The van der Waals surface area contributed by atoms with Gasteiger partial charge in [-0.05, 0) is 41.0 Å². The Hall–Kier alpha value is -3.81. The molecule has 0 atom stereocenters. The zero-order valence-corrected chi connectivity index (χ0v) is 20.3. The number of hydrogen-bond donors (Lipinski definition) is 2. The van der Waals surface area contributed by atoms with Crippen LogP contribution >= 0.6 is 0 Å². The number of methoxy groups -OCH3 is 1. The third-order valence-corrected chi connectivity index (χ3v) is 7.02. The minimum Gasteiger partial charge on any atom is -0.508 e. The van der Waals surface area contributed by atoms with Gasteiger partial charge in [-0.1, -0.05) is 36.4 Å². The Bertz CT molecular complexity index is 1360. The smallest absolute Gasteiger partial charge is 0.161 e. The number of H-pyrrole nitrogens is 1. The van der Waals surface area contributed by atoms with E-state index in [1.165, 1.54) is 11.1 Å². The summed E-state index contributed by atoms with van der Waals surface area (Å²) >= 11 is 0. The van der Waals surface area contributed by atoms with Gasteiger partial charge in [0.2, 0.25) is 0 Å². The summed E-state index contributed by atoms with van der Waals surface area (Å²) < 4.78 is 17.3. The molecule has 0 spiro atoms. The van der Waals surface area contributed by atoms with Crippen molar-refractivity contribution in [1.82, 2.24) is 15.1 Å². The summed E-state index contributed by atoms with van der Waals surface area (Å²) in [5.41, 5.74) is 8.74. The van der Waals surface area contributed by atoms with E-state index in [2.05, 4.69) is 51.5 Å². The van der Waals surface area contributed by atoms with Crippen LogP contribution in [0.15, 0.2) is 60.7 Å². The molecule has 7 nitrogen and oxygen atoms in total. The van der Waals surface area contributed by atoms with Crippen LogP contribution in [0.3, 0.4) is 0 Å². The van der Waals surface area contributed by atoms with E-state index >= 15 is 0 Å². The third-order valence-electron chi connectivity index (χ3n) is 7.02. The number of ether oxygens (including phenoxy) is 3. The summed E-state index contributed by atoms with van der Waals surface area (Å²) in [6, 6.07) is 19.8. The van der Waals surface area contributed by atoms with Gasteiger partial charge in [0.25, 0.3) is 0 Å². The van der Waals surface area contributed by atoms with Crippen molar-refractivity contribution < 1.29 is 19.3 Å². The molecule has 0 amide bonds. The summed E-state index contributed by atoms with van der Waals surface area (Å²) in [7, 11) is 1.68. The molecular formula is C29H29N3O4. The summed E-state index contributed by atoms with van der Waals surface area (Å²) in [6.07, 6.45) is 0.792. The number of aromatic hydroxyl groups is 1. The summed E-state index contributed by atoms with van der Waals surface area (Å²) in [5, 5.41) is 17.5. The number of aromatic nitrogens is 2. The molecule has 1 saturated heterocycles. The molecule has 7 heteroatoms. The molecule has 0 radical (unpaired) electrons. The lowest BCUT2D eigenvalue weighted by atomic mass is 10.0. The summed E-state index contributed by atoms with van der Waals surface area (Å²) in [6.45, 7) is 4.96. The Morgan fingerprint density at radius 3 is 2.36 bits per heavy atom. The van der Waals surface area contributed by atoms with Gasteiger partial charge in [-0.2, -0.15) is 5.10 Å². The Morgan fingerprint density at radius 1 is 0.944 bits per heavy atom. The molecule has 36 heavy (non-hydrogen) atoms. The van der Waals surface area contributed by atoms with Crippen LogP contribution in [0.4, 0.5) is 0 Å². The fourth-order valence-corrected chi connectivity index (χ4v) is 5.03. The highest BCUT2D eigenvalue weighted by Gasteiger charge is 2.27. The number of fused-ring (bicyclic) bond motifs is 3. The van der Waals surface area contributed by atoms with Gasteiger partial charge in [-0.3, -0.25) is 10.00 Å². The molecule has 0 bridgehead atoms. The van der Waals surface area contributed by atoms with Gasteiger partial charge in [0.1, 0.15) is 12.4 Å². The maximum absolute atomic E-state index is 9.55. The molecule has 184 valence electrons. The standard InChI is InChI=1S/C29H29N3O4/c1-34-26-18-24-22(17-27(26)36-15-12-32-10-13-35-14-11-32)16-25-28(30-31-29(24)25)21-4-2-19(3-5-21)20-6-8-23(33)9-7-20/h2-9,17-18,33H,10-16H2,1H3,(H,30,31). The van der Waals surface area contributed by atoms with E-state index < -0.39 is 0 Å². The minimum atomic E-state index is 0.268. The second-order valence-electron chi connectivity index (χ2n) is 9.19. The number of morpholine rings is 1. The fourth-order valence-electron chi connectivity index (χ4n) is 5.03. The van der Waals surface area contributed by atoms with Crippen molar-refractivity contribution in [1.29, 1.82) is 0 Å². The second kappa shape index (κ2) is 9.68. The van der Waals surface area contributed by atoms with Crippen molar-refractivity contribution in [3.63, 3.8) is 0 Å². The van der Waals surface area contributed by atoms with E-state index in [4.69, 9.17) is 14.2 Å². The number of benzene rings is 3. The molecule has 2 aliphatic rings. The second-order valence-corrected chi connectivity index (χ2v) is 9.19. The number of hydrogen-bond acceptors (Lipinski definition) is 6. The van der Waals surface area contributed by atoms with Crippen molar-refractivity contribution in [3.8, 4) is 50.9 Å². The Labute approximate surface area is 210 Å². The zero-order valence-electron chi connectivity index (χ0n) is 20.3. The van der Waals surface area contributed by atoms with Crippen molar-refractivity contribution >= 4 is 0 Å². The van der Waals surface area contributed by atoms with Gasteiger partial charge in [-0.15, -0.1) is 0 Å². The molecule has 1 aliphatic heterocycles. The lowest BCUT2D eigenvalue weighted by Crippen LogP contribution is -2.38. The first-order chi connectivity index (χ1) is 17.7. The molecule has 2 N–H and O–H groups in total.